The second kappa shape index (κ2) is 8.48. The minimum atomic E-state index is -0.0113. The van der Waals surface area contributed by atoms with Crippen LogP contribution in [0.4, 0.5) is 0 Å². The summed E-state index contributed by atoms with van der Waals surface area (Å²) >= 11 is 0. The maximum atomic E-state index is 12.2. The zero-order valence-electron chi connectivity index (χ0n) is 14.7. The van der Waals surface area contributed by atoms with Gasteiger partial charge in [-0.1, -0.05) is 37.6 Å². The van der Waals surface area contributed by atoms with Gasteiger partial charge >= 0.3 is 0 Å². The Kier molecular flexibility index (Phi) is 6.36. The van der Waals surface area contributed by atoms with Crippen LogP contribution in [-0.4, -0.2) is 16.5 Å². The maximum absolute atomic E-state index is 12.2. The summed E-state index contributed by atoms with van der Waals surface area (Å²) in [4.78, 5) is 23.2. The molecule has 1 amide bonds. The predicted octanol–water partition coefficient (Wildman–Crippen LogP) is 3.38. The molecule has 0 radical (unpaired) electrons. The number of nitrogens with zero attached hydrogens (tertiary/aromatic N) is 1. The van der Waals surface area contributed by atoms with Gasteiger partial charge in [0.25, 0.3) is 5.56 Å². The number of hydrogen-bond acceptors (Lipinski definition) is 2. The van der Waals surface area contributed by atoms with Crippen molar-refractivity contribution in [3.8, 4) is 11.1 Å². The lowest BCUT2D eigenvalue weighted by Gasteiger charge is -2.13. The van der Waals surface area contributed by atoms with E-state index in [1.54, 1.807) is 10.6 Å². The molecule has 4 nitrogen and oxygen atoms in total. The molecule has 0 saturated heterocycles. The molecule has 0 spiro atoms. The molecule has 1 aromatic heterocycles. The molecule has 1 aromatic carbocycles. The van der Waals surface area contributed by atoms with E-state index in [-0.39, 0.29) is 17.5 Å². The van der Waals surface area contributed by atoms with Crippen LogP contribution in [0, 0.1) is 0 Å². The third-order valence-corrected chi connectivity index (χ3v) is 4.03. The second-order valence-electron chi connectivity index (χ2n) is 6.30. The second-order valence-corrected chi connectivity index (χ2v) is 6.30. The number of aryl methyl sites for hydroxylation is 1. The Hall–Kier alpha value is -2.36. The van der Waals surface area contributed by atoms with Crippen molar-refractivity contribution >= 4 is 5.91 Å². The summed E-state index contributed by atoms with van der Waals surface area (Å²) in [6.07, 6.45) is 4.76. The molecule has 0 bridgehead atoms. The number of nitrogens with one attached hydrogen (secondary N) is 1. The zero-order valence-corrected chi connectivity index (χ0v) is 14.7. The lowest BCUT2D eigenvalue weighted by atomic mass is 10.0. The molecule has 0 aliphatic rings. The summed E-state index contributed by atoms with van der Waals surface area (Å²) in [5.74, 6) is -0.0113. The topological polar surface area (TPSA) is 51.1 Å². The lowest BCUT2D eigenvalue weighted by molar-refractivity contribution is -0.119. The van der Waals surface area contributed by atoms with Crippen molar-refractivity contribution in [1.82, 2.24) is 9.88 Å². The highest BCUT2D eigenvalue weighted by molar-refractivity contribution is 5.73. The van der Waals surface area contributed by atoms with E-state index in [2.05, 4.69) is 24.4 Å². The van der Waals surface area contributed by atoms with Crippen molar-refractivity contribution in [3.05, 3.63) is 58.5 Å². The fourth-order valence-electron chi connectivity index (χ4n) is 2.79. The van der Waals surface area contributed by atoms with Gasteiger partial charge in [0.05, 0.1) is 0 Å². The average molecular weight is 326 g/mol. The first-order chi connectivity index (χ1) is 11.5. The van der Waals surface area contributed by atoms with Gasteiger partial charge < -0.3 is 9.88 Å². The molecule has 0 fully saturated rings. The van der Waals surface area contributed by atoms with Crippen molar-refractivity contribution in [1.29, 1.82) is 0 Å². The fourth-order valence-corrected chi connectivity index (χ4v) is 2.79. The molecule has 1 heterocycles. The van der Waals surface area contributed by atoms with Gasteiger partial charge in [-0.05, 0) is 42.5 Å². The molecule has 128 valence electrons. The molecule has 4 heteroatoms. The first-order valence-electron chi connectivity index (χ1n) is 8.56. The lowest BCUT2D eigenvalue weighted by Crippen LogP contribution is -2.31. The smallest absolute Gasteiger partial charge is 0.251 e. The number of benzene rings is 1. The largest absolute Gasteiger partial charge is 0.354 e. The summed E-state index contributed by atoms with van der Waals surface area (Å²) in [5.41, 5.74) is 3.18. The number of unbranched alkanes of at least 4 members (excludes halogenated alkanes) is 1. The minimum Gasteiger partial charge on any atom is -0.354 e. The Morgan fingerprint density at radius 2 is 1.88 bits per heavy atom. The number of aromatic nitrogens is 1. The highest BCUT2D eigenvalue weighted by atomic mass is 16.1. The Labute approximate surface area is 143 Å². The Balaban J connectivity index is 2.09. The first kappa shape index (κ1) is 18.0. The summed E-state index contributed by atoms with van der Waals surface area (Å²) in [5, 5.41) is 2.88. The SMILES string of the molecule is CCCCn1ccc(-c2ccc(CC(C)NC(C)=O)cc2)cc1=O. The number of pyridine rings is 1. The van der Waals surface area contributed by atoms with Crippen LogP contribution in [0.3, 0.4) is 0 Å². The number of amides is 1. The van der Waals surface area contributed by atoms with E-state index in [1.165, 1.54) is 6.92 Å². The van der Waals surface area contributed by atoms with Crippen LogP contribution in [0.15, 0.2) is 47.4 Å². The Morgan fingerprint density at radius 1 is 1.17 bits per heavy atom. The molecule has 2 rings (SSSR count). The molecule has 1 N–H and O–H groups in total. The van der Waals surface area contributed by atoms with Crippen molar-refractivity contribution in [2.45, 2.75) is 52.6 Å². The zero-order chi connectivity index (χ0) is 17.5. The van der Waals surface area contributed by atoms with E-state index in [4.69, 9.17) is 0 Å². The molecule has 0 saturated carbocycles. The summed E-state index contributed by atoms with van der Waals surface area (Å²) < 4.78 is 1.76. The molecule has 2 aromatic rings. The molecule has 1 unspecified atom stereocenters. The van der Waals surface area contributed by atoms with Gasteiger partial charge in [-0.15, -0.1) is 0 Å². The van der Waals surface area contributed by atoms with Gasteiger partial charge in [0.2, 0.25) is 5.91 Å². The van der Waals surface area contributed by atoms with Gasteiger partial charge in [-0.3, -0.25) is 9.59 Å². The van der Waals surface area contributed by atoms with E-state index < -0.39 is 0 Å². The monoisotopic (exact) mass is 326 g/mol. The van der Waals surface area contributed by atoms with Gasteiger partial charge in [0, 0.05) is 31.8 Å². The van der Waals surface area contributed by atoms with Crippen LogP contribution in [0.2, 0.25) is 0 Å². The van der Waals surface area contributed by atoms with Crippen molar-refractivity contribution < 1.29 is 4.79 Å². The summed E-state index contributed by atoms with van der Waals surface area (Å²) in [7, 11) is 0. The first-order valence-corrected chi connectivity index (χ1v) is 8.56. The van der Waals surface area contributed by atoms with Crippen molar-refractivity contribution in [2.24, 2.45) is 0 Å². The summed E-state index contributed by atoms with van der Waals surface area (Å²) in [6.45, 7) is 6.41. The van der Waals surface area contributed by atoms with Crippen molar-refractivity contribution in [3.63, 3.8) is 0 Å². The third kappa shape index (κ3) is 5.08. The fraction of sp³-hybridized carbons (Fsp3) is 0.400. The van der Waals surface area contributed by atoms with E-state index in [0.29, 0.717) is 0 Å². The van der Waals surface area contributed by atoms with Crippen LogP contribution in [0.1, 0.15) is 39.2 Å². The average Bonchev–Trinajstić information content (AvgIpc) is 2.53. The highest BCUT2D eigenvalue weighted by Crippen LogP contribution is 2.18. The number of rotatable bonds is 7. The maximum Gasteiger partial charge on any atom is 0.251 e. The molecule has 0 aliphatic carbocycles. The normalized spacial score (nSPS) is 12.0. The van der Waals surface area contributed by atoms with Crippen LogP contribution < -0.4 is 10.9 Å². The molecule has 1 atom stereocenters. The van der Waals surface area contributed by atoms with Gasteiger partial charge in [-0.25, -0.2) is 0 Å². The quantitative estimate of drug-likeness (QED) is 0.848. The molecular formula is C20H26N2O2. The standard InChI is InChI=1S/C20H26N2O2/c1-4-5-11-22-12-10-19(14-20(22)24)18-8-6-17(7-9-18)13-15(2)21-16(3)23/h6-10,12,14-15H,4-5,11,13H2,1-3H3,(H,21,23). The van der Waals surface area contributed by atoms with E-state index in [9.17, 15) is 9.59 Å². The number of carbonyl (C=O) groups excluding carboxylic acids is 1. The van der Waals surface area contributed by atoms with E-state index in [1.807, 2.05) is 31.3 Å². The number of carbonyl (C=O) groups is 1. The van der Waals surface area contributed by atoms with Crippen molar-refractivity contribution in [2.75, 3.05) is 0 Å². The summed E-state index contributed by atoms with van der Waals surface area (Å²) in [6, 6.07) is 12.0. The predicted molar refractivity (Wildman–Crippen MR) is 98.0 cm³/mol. The van der Waals surface area contributed by atoms with Gasteiger partial charge in [-0.2, -0.15) is 0 Å². The third-order valence-electron chi connectivity index (χ3n) is 4.03. The van der Waals surface area contributed by atoms with Crippen LogP contribution in [-0.2, 0) is 17.8 Å². The Morgan fingerprint density at radius 3 is 2.46 bits per heavy atom. The van der Waals surface area contributed by atoms with Gasteiger partial charge in [0.1, 0.15) is 0 Å². The molecule has 0 aliphatic heterocycles. The van der Waals surface area contributed by atoms with Crippen LogP contribution in [0.5, 0.6) is 0 Å². The van der Waals surface area contributed by atoms with Crippen LogP contribution in [0.25, 0.3) is 11.1 Å². The highest BCUT2D eigenvalue weighted by Gasteiger charge is 2.06. The number of hydrogen-bond donors (Lipinski definition) is 1. The molecule has 24 heavy (non-hydrogen) atoms. The van der Waals surface area contributed by atoms with E-state index in [0.717, 1.165) is 42.5 Å². The van der Waals surface area contributed by atoms with E-state index >= 15 is 0 Å². The Bertz CT molecular complexity index is 732. The van der Waals surface area contributed by atoms with Gasteiger partial charge in [0.15, 0.2) is 0 Å². The minimum absolute atomic E-state index is 0.0113. The molecular weight excluding hydrogens is 300 g/mol. The van der Waals surface area contributed by atoms with Crippen LogP contribution >= 0.6 is 0 Å².